The fourth-order valence-corrected chi connectivity index (χ4v) is 2.10. The van der Waals surface area contributed by atoms with Gasteiger partial charge in [0.15, 0.2) is 0 Å². The lowest BCUT2D eigenvalue weighted by molar-refractivity contribution is -0.137. The van der Waals surface area contributed by atoms with E-state index in [0.29, 0.717) is 6.04 Å². The Kier molecular flexibility index (Phi) is 4.10. The predicted octanol–water partition coefficient (Wildman–Crippen LogP) is 2.26. The lowest BCUT2D eigenvalue weighted by Gasteiger charge is -2.18. The molecule has 1 atom stereocenters. The summed E-state index contributed by atoms with van der Waals surface area (Å²) in [5.74, 6) is -0.767. The topological polar surface area (TPSA) is 49.3 Å². The first-order valence-corrected chi connectivity index (χ1v) is 5.49. The van der Waals surface area contributed by atoms with Gasteiger partial charge in [0, 0.05) is 10.9 Å². The van der Waals surface area contributed by atoms with Gasteiger partial charge in [-0.25, -0.2) is 0 Å². The smallest absolute Gasteiger partial charge is 0.305 e. The molecular weight excluding hydrogens is 198 g/mol. The van der Waals surface area contributed by atoms with Gasteiger partial charge < -0.3 is 10.4 Å². The molecule has 0 aliphatic carbocycles. The fraction of sp³-hybridized carbons (Fsp3) is 0.500. The number of carbonyl (C=O) groups is 1. The van der Waals surface area contributed by atoms with E-state index in [0.717, 1.165) is 4.88 Å². The normalized spacial score (nSPS) is 13.1. The molecular formula is C10H15NO2S. The summed E-state index contributed by atoms with van der Waals surface area (Å²) >= 11 is 1.59. The van der Waals surface area contributed by atoms with Crippen molar-refractivity contribution < 1.29 is 9.90 Å². The third kappa shape index (κ3) is 3.47. The van der Waals surface area contributed by atoms with Crippen LogP contribution in [0.15, 0.2) is 17.5 Å². The van der Waals surface area contributed by atoms with E-state index in [9.17, 15) is 4.79 Å². The third-order valence-electron chi connectivity index (χ3n) is 1.80. The van der Waals surface area contributed by atoms with E-state index in [4.69, 9.17) is 5.11 Å². The summed E-state index contributed by atoms with van der Waals surface area (Å²) in [5, 5.41) is 14.0. The standard InChI is InChI=1S/C10H15NO2S/c1-7(2)11-8(6-10(12)13)9-4-3-5-14-9/h3-5,7-8,11H,6H2,1-2H3,(H,12,13). The Hall–Kier alpha value is -0.870. The molecule has 0 bridgehead atoms. The number of carboxylic acid groups (broad SMARTS) is 1. The maximum absolute atomic E-state index is 10.7. The first-order valence-electron chi connectivity index (χ1n) is 4.61. The quantitative estimate of drug-likeness (QED) is 0.788. The molecule has 0 fully saturated rings. The first-order chi connectivity index (χ1) is 6.59. The molecule has 1 unspecified atom stereocenters. The van der Waals surface area contributed by atoms with Gasteiger partial charge in [-0.05, 0) is 11.4 Å². The molecule has 0 aromatic carbocycles. The van der Waals surface area contributed by atoms with Gasteiger partial charge in [-0.2, -0.15) is 0 Å². The lowest BCUT2D eigenvalue weighted by atomic mass is 10.1. The molecule has 1 aromatic heterocycles. The van der Waals surface area contributed by atoms with Crippen molar-refractivity contribution in [3.8, 4) is 0 Å². The minimum atomic E-state index is -0.767. The molecule has 2 N–H and O–H groups in total. The number of carboxylic acids is 1. The minimum Gasteiger partial charge on any atom is -0.481 e. The van der Waals surface area contributed by atoms with E-state index in [1.807, 2.05) is 31.4 Å². The monoisotopic (exact) mass is 213 g/mol. The summed E-state index contributed by atoms with van der Waals surface area (Å²) < 4.78 is 0. The molecule has 0 saturated heterocycles. The van der Waals surface area contributed by atoms with Crippen molar-refractivity contribution in [1.82, 2.24) is 5.32 Å². The molecule has 14 heavy (non-hydrogen) atoms. The Bertz CT molecular complexity index is 282. The largest absolute Gasteiger partial charge is 0.481 e. The van der Waals surface area contributed by atoms with Crippen molar-refractivity contribution in [3.63, 3.8) is 0 Å². The highest BCUT2D eigenvalue weighted by molar-refractivity contribution is 7.10. The van der Waals surface area contributed by atoms with E-state index in [2.05, 4.69) is 5.32 Å². The molecule has 3 nitrogen and oxygen atoms in total. The van der Waals surface area contributed by atoms with Crippen LogP contribution >= 0.6 is 11.3 Å². The Morgan fingerprint density at radius 1 is 1.64 bits per heavy atom. The SMILES string of the molecule is CC(C)NC(CC(=O)O)c1cccs1. The van der Waals surface area contributed by atoms with Gasteiger partial charge in [0.05, 0.1) is 12.5 Å². The molecule has 0 radical (unpaired) electrons. The van der Waals surface area contributed by atoms with Crippen LogP contribution in [0.25, 0.3) is 0 Å². The molecule has 0 aliphatic rings. The van der Waals surface area contributed by atoms with Crippen LogP contribution < -0.4 is 5.32 Å². The summed E-state index contributed by atoms with van der Waals surface area (Å²) in [7, 11) is 0. The van der Waals surface area contributed by atoms with Crippen molar-refractivity contribution >= 4 is 17.3 Å². The maximum Gasteiger partial charge on any atom is 0.305 e. The number of rotatable bonds is 5. The molecule has 1 heterocycles. The van der Waals surface area contributed by atoms with Crippen LogP contribution in [-0.4, -0.2) is 17.1 Å². The Morgan fingerprint density at radius 2 is 2.36 bits per heavy atom. The highest BCUT2D eigenvalue weighted by Crippen LogP contribution is 2.22. The van der Waals surface area contributed by atoms with Gasteiger partial charge >= 0.3 is 5.97 Å². The van der Waals surface area contributed by atoms with E-state index < -0.39 is 5.97 Å². The summed E-state index contributed by atoms with van der Waals surface area (Å²) in [6.07, 6.45) is 0.138. The third-order valence-corrected chi connectivity index (χ3v) is 2.79. The van der Waals surface area contributed by atoms with E-state index in [1.54, 1.807) is 11.3 Å². The van der Waals surface area contributed by atoms with Gasteiger partial charge in [-0.15, -0.1) is 11.3 Å². The van der Waals surface area contributed by atoms with Crippen molar-refractivity contribution in [2.75, 3.05) is 0 Å². The first kappa shape index (κ1) is 11.2. The van der Waals surface area contributed by atoms with Crippen LogP contribution in [-0.2, 0) is 4.79 Å². The highest BCUT2D eigenvalue weighted by atomic mass is 32.1. The maximum atomic E-state index is 10.7. The van der Waals surface area contributed by atoms with E-state index in [-0.39, 0.29) is 12.5 Å². The Balaban J connectivity index is 2.67. The van der Waals surface area contributed by atoms with Gasteiger partial charge in [-0.1, -0.05) is 19.9 Å². The van der Waals surface area contributed by atoms with Gasteiger partial charge in [-0.3, -0.25) is 4.79 Å². The molecule has 1 rings (SSSR count). The van der Waals surface area contributed by atoms with Crippen LogP contribution in [0.1, 0.15) is 31.2 Å². The summed E-state index contributed by atoms with van der Waals surface area (Å²) in [5.41, 5.74) is 0. The van der Waals surface area contributed by atoms with Crippen LogP contribution in [0.5, 0.6) is 0 Å². The second kappa shape index (κ2) is 5.12. The van der Waals surface area contributed by atoms with Crippen LogP contribution in [0.4, 0.5) is 0 Å². The second-order valence-electron chi connectivity index (χ2n) is 3.49. The molecule has 0 aliphatic heterocycles. The second-order valence-corrected chi connectivity index (χ2v) is 4.47. The Morgan fingerprint density at radius 3 is 2.79 bits per heavy atom. The van der Waals surface area contributed by atoms with Crippen LogP contribution in [0, 0.1) is 0 Å². The number of hydrogen-bond acceptors (Lipinski definition) is 3. The summed E-state index contributed by atoms with van der Waals surface area (Å²) in [6, 6.07) is 4.14. The molecule has 0 spiro atoms. The average molecular weight is 213 g/mol. The van der Waals surface area contributed by atoms with Crippen LogP contribution in [0.2, 0.25) is 0 Å². The number of hydrogen-bond donors (Lipinski definition) is 2. The van der Waals surface area contributed by atoms with E-state index >= 15 is 0 Å². The van der Waals surface area contributed by atoms with Crippen molar-refractivity contribution in [2.45, 2.75) is 32.4 Å². The van der Waals surface area contributed by atoms with E-state index in [1.165, 1.54) is 0 Å². The predicted molar refractivity (Wildman–Crippen MR) is 57.6 cm³/mol. The summed E-state index contributed by atoms with van der Waals surface area (Å²) in [6.45, 7) is 4.03. The zero-order valence-electron chi connectivity index (χ0n) is 8.36. The lowest BCUT2D eigenvalue weighted by Crippen LogP contribution is -2.29. The Labute approximate surface area is 87.8 Å². The van der Waals surface area contributed by atoms with Crippen molar-refractivity contribution in [3.05, 3.63) is 22.4 Å². The van der Waals surface area contributed by atoms with Crippen LogP contribution in [0.3, 0.4) is 0 Å². The number of aliphatic carboxylic acids is 1. The number of thiophene rings is 1. The molecule has 4 heteroatoms. The highest BCUT2D eigenvalue weighted by Gasteiger charge is 2.16. The van der Waals surface area contributed by atoms with Crippen molar-refractivity contribution in [2.24, 2.45) is 0 Å². The summed E-state index contributed by atoms with van der Waals surface area (Å²) in [4.78, 5) is 11.7. The molecule has 1 aromatic rings. The van der Waals surface area contributed by atoms with Crippen molar-refractivity contribution in [1.29, 1.82) is 0 Å². The number of nitrogens with one attached hydrogen (secondary N) is 1. The molecule has 0 saturated carbocycles. The van der Waals surface area contributed by atoms with Gasteiger partial charge in [0.25, 0.3) is 0 Å². The minimum absolute atomic E-state index is 0.0625. The average Bonchev–Trinajstić information content (AvgIpc) is 2.52. The zero-order chi connectivity index (χ0) is 10.6. The molecule has 0 amide bonds. The molecule has 78 valence electrons. The zero-order valence-corrected chi connectivity index (χ0v) is 9.17. The van der Waals surface area contributed by atoms with Gasteiger partial charge in [0.1, 0.15) is 0 Å². The van der Waals surface area contributed by atoms with Gasteiger partial charge in [0.2, 0.25) is 0 Å². The fourth-order valence-electron chi connectivity index (χ4n) is 1.31.